The molecular formula is C12H18FNO7. The SMILES string of the molecule is CC(=O)N[C@@H]1C(O)O[C@H](COC(C)=O)[C@@H](F)[C@@H]1OC(C)=O. The van der Waals surface area contributed by atoms with Crippen LogP contribution in [0.25, 0.3) is 0 Å². The average Bonchev–Trinajstić information content (AvgIpc) is 2.35. The molecule has 5 atom stereocenters. The van der Waals surface area contributed by atoms with Crippen LogP contribution < -0.4 is 5.32 Å². The zero-order valence-electron chi connectivity index (χ0n) is 11.9. The molecule has 8 nitrogen and oxygen atoms in total. The Morgan fingerprint density at radius 1 is 1.24 bits per heavy atom. The minimum Gasteiger partial charge on any atom is -0.463 e. The van der Waals surface area contributed by atoms with Gasteiger partial charge in [0, 0.05) is 20.8 Å². The Bertz CT molecular complexity index is 416. The molecule has 1 rings (SSSR count). The molecule has 1 amide bonds. The van der Waals surface area contributed by atoms with Gasteiger partial charge in [0.15, 0.2) is 18.6 Å². The summed E-state index contributed by atoms with van der Waals surface area (Å²) < 4.78 is 28.8. The van der Waals surface area contributed by atoms with Crippen LogP contribution in [-0.4, -0.2) is 60.3 Å². The normalized spacial score (nSPS) is 32.1. The van der Waals surface area contributed by atoms with Crippen LogP contribution in [0, 0.1) is 0 Å². The molecule has 1 heterocycles. The van der Waals surface area contributed by atoms with Crippen molar-refractivity contribution in [3.63, 3.8) is 0 Å². The van der Waals surface area contributed by atoms with Crippen molar-refractivity contribution in [1.82, 2.24) is 5.32 Å². The van der Waals surface area contributed by atoms with Gasteiger partial charge in [-0.05, 0) is 0 Å². The molecule has 0 aliphatic carbocycles. The Balaban J connectivity index is 2.87. The van der Waals surface area contributed by atoms with E-state index in [-0.39, 0.29) is 0 Å². The van der Waals surface area contributed by atoms with Gasteiger partial charge in [0.25, 0.3) is 0 Å². The van der Waals surface area contributed by atoms with Crippen LogP contribution in [0.15, 0.2) is 0 Å². The lowest BCUT2D eigenvalue weighted by Crippen LogP contribution is -2.64. The number of aliphatic hydroxyl groups excluding tert-OH is 1. The zero-order valence-corrected chi connectivity index (χ0v) is 11.9. The first-order valence-electron chi connectivity index (χ1n) is 6.27. The largest absolute Gasteiger partial charge is 0.463 e. The molecule has 2 N–H and O–H groups in total. The standard InChI is InChI=1S/C12H18FNO7/c1-5(15)14-10-11(20-7(3)17)9(13)8(21-12(10)18)4-19-6(2)16/h8-12,18H,4H2,1-3H3,(H,14,15)/t8-,9-,10+,11+,12?/m1/s1. The Morgan fingerprint density at radius 3 is 2.33 bits per heavy atom. The van der Waals surface area contributed by atoms with E-state index >= 15 is 0 Å². The predicted octanol–water partition coefficient (Wildman–Crippen LogP) is -0.959. The first-order valence-corrected chi connectivity index (χ1v) is 6.27. The van der Waals surface area contributed by atoms with E-state index in [2.05, 4.69) is 10.1 Å². The topological polar surface area (TPSA) is 111 Å². The second-order valence-electron chi connectivity index (χ2n) is 4.61. The summed E-state index contributed by atoms with van der Waals surface area (Å²) >= 11 is 0. The number of alkyl halides is 1. The van der Waals surface area contributed by atoms with Gasteiger partial charge < -0.3 is 24.6 Å². The van der Waals surface area contributed by atoms with E-state index in [9.17, 15) is 23.9 Å². The second-order valence-corrected chi connectivity index (χ2v) is 4.61. The molecule has 1 aliphatic rings. The fourth-order valence-electron chi connectivity index (χ4n) is 1.96. The van der Waals surface area contributed by atoms with Crippen LogP contribution in [0.1, 0.15) is 20.8 Å². The minimum absolute atomic E-state index is 0.446. The number of halogens is 1. The van der Waals surface area contributed by atoms with E-state index in [4.69, 9.17) is 9.47 Å². The number of carbonyl (C=O) groups excluding carboxylic acids is 3. The van der Waals surface area contributed by atoms with Crippen LogP contribution in [0.2, 0.25) is 0 Å². The maximum absolute atomic E-state index is 14.3. The fourth-order valence-corrected chi connectivity index (χ4v) is 1.96. The Hall–Kier alpha value is -1.74. The van der Waals surface area contributed by atoms with E-state index in [1.54, 1.807) is 0 Å². The minimum atomic E-state index is -1.88. The molecular weight excluding hydrogens is 289 g/mol. The van der Waals surface area contributed by atoms with E-state index in [0.717, 1.165) is 20.8 Å². The van der Waals surface area contributed by atoms with E-state index in [1.165, 1.54) is 0 Å². The average molecular weight is 307 g/mol. The number of hydrogen-bond donors (Lipinski definition) is 2. The monoisotopic (exact) mass is 307 g/mol. The van der Waals surface area contributed by atoms with Gasteiger partial charge >= 0.3 is 11.9 Å². The van der Waals surface area contributed by atoms with Gasteiger partial charge in [-0.25, -0.2) is 4.39 Å². The molecule has 9 heteroatoms. The molecule has 0 radical (unpaired) electrons. The highest BCUT2D eigenvalue weighted by atomic mass is 19.1. The highest BCUT2D eigenvalue weighted by Crippen LogP contribution is 2.25. The molecule has 1 saturated heterocycles. The summed E-state index contributed by atoms with van der Waals surface area (Å²) in [5, 5.41) is 12.1. The van der Waals surface area contributed by atoms with Gasteiger partial charge in [-0.15, -0.1) is 0 Å². The number of aliphatic hydroxyl groups is 1. The van der Waals surface area contributed by atoms with E-state index in [0.29, 0.717) is 0 Å². The Morgan fingerprint density at radius 2 is 1.86 bits per heavy atom. The Labute approximate surface area is 120 Å². The summed E-state index contributed by atoms with van der Waals surface area (Å²) in [4.78, 5) is 32.9. The van der Waals surface area contributed by atoms with E-state index < -0.39 is 55.2 Å². The summed E-state index contributed by atoms with van der Waals surface area (Å²) in [5.74, 6) is -1.97. The highest BCUT2D eigenvalue weighted by Gasteiger charge is 2.48. The molecule has 0 bridgehead atoms. The smallest absolute Gasteiger partial charge is 0.303 e. The second kappa shape index (κ2) is 7.32. The third-order valence-corrected chi connectivity index (χ3v) is 2.77. The lowest BCUT2D eigenvalue weighted by atomic mass is 9.98. The third-order valence-electron chi connectivity index (χ3n) is 2.77. The lowest BCUT2D eigenvalue weighted by Gasteiger charge is -2.40. The van der Waals surface area contributed by atoms with Crippen molar-refractivity contribution in [2.24, 2.45) is 0 Å². The summed E-state index contributed by atoms with van der Waals surface area (Å²) in [6.45, 7) is 2.92. The van der Waals surface area contributed by atoms with Gasteiger partial charge in [0.2, 0.25) is 5.91 Å². The number of esters is 2. The first kappa shape index (κ1) is 17.3. The van der Waals surface area contributed by atoms with Crippen LogP contribution in [0.4, 0.5) is 4.39 Å². The molecule has 0 aromatic rings. The zero-order chi connectivity index (χ0) is 16.2. The summed E-state index contributed by atoms with van der Waals surface area (Å²) in [5.41, 5.74) is 0. The van der Waals surface area contributed by atoms with Crippen molar-refractivity contribution in [1.29, 1.82) is 0 Å². The third kappa shape index (κ3) is 4.94. The molecule has 0 aromatic carbocycles. The molecule has 0 saturated carbocycles. The predicted molar refractivity (Wildman–Crippen MR) is 65.6 cm³/mol. The molecule has 120 valence electrons. The summed E-state index contributed by atoms with van der Waals surface area (Å²) in [6, 6.07) is -1.25. The van der Waals surface area contributed by atoms with Crippen LogP contribution in [0.5, 0.6) is 0 Å². The molecule has 0 aromatic heterocycles. The van der Waals surface area contributed by atoms with Crippen LogP contribution >= 0.6 is 0 Å². The van der Waals surface area contributed by atoms with Crippen molar-refractivity contribution in [3.05, 3.63) is 0 Å². The fraction of sp³-hybridized carbons (Fsp3) is 0.750. The number of hydrogen-bond acceptors (Lipinski definition) is 7. The number of rotatable bonds is 4. The van der Waals surface area contributed by atoms with Gasteiger partial charge in [-0.3, -0.25) is 14.4 Å². The molecule has 1 aliphatic heterocycles. The van der Waals surface area contributed by atoms with Crippen LogP contribution in [0.3, 0.4) is 0 Å². The van der Waals surface area contributed by atoms with E-state index in [1.807, 2.05) is 0 Å². The quantitative estimate of drug-likeness (QED) is 0.643. The van der Waals surface area contributed by atoms with Gasteiger partial charge in [0.05, 0.1) is 0 Å². The van der Waals surface area contributed by atoms with Crippen molar-refractivity contribution < 1.29 is 38.1 Å². The van der Waals surface area contributed by atoms with Gasteiger partial charge in [0.1, 0.15) is 18.8 Å². The first-order chi connectivity index (χ1) is 9.72. The highest BCUT2D eigenvalue weighted by molar-refractivity contribution is 5.73. The van der Waals surface area contributed by atoms with Crippen molar-refractivity contribution >= 4 is 17.8 Å². The molecule has 21 heavy (non-hydrogen) atoms. The molecule has 1 unspecified atom stereocenters. The number of carbonyl (C=O) groups is 3. The summed E-state index contributed by atoms with van der Waals surface area (Å²) in [6.07, 6.45) is -6.24. The Kier molecular flexibility index (Phi) is 6.03. The van der Waals surface area contributed by atoms with Crippen molar-refractivity contribution in [2.45, 2.75) is 51.5 Å². The molecule has 0 spiro atoms. The molecule has 1 fully saturated rings. The number of nitrogens with one attached hydrogen (secondary N) is 1. The number of ether oxygens (including phenoxy) is 3. The maximum atomic E-state index is 14.3. The number of amides is 1. The maximum Gasteiger partial charge on any atom is 0.303 e. The van der Waals surface area contributed by atoms with Crippen LogP contribution in [-0.2, 0) is 28.6 Å². The van der Waals surface area contributed by atoms with Gasteiger partial charge in [-0.2, -0.15) is 0 Å². The van der Waals surface area contributed by atoms with Crippen molar-refractivity contribution in [2.75, 3.05) is 6.61 Å². The summed E-state index contributed by atoms with van der Waals surface area (Å²) in [7, 11) is 0. The van der Waals surface area contributed by atoms with Gasteiger partial charge in [-0.1, -0.05) is 0 Å². The van der Waals surface area contributed by atoms with Crippen molar-refractivity contribution in [3.8, 4) is 0 Å². The lowest BCUT2D eigenvalue weighted by molar-refractivity contribution is -0.247.